The second kappa shape index (κ2) is 14.3. The molecule has 4 amide bonds. The van der Waals surface area contributed by atoms with Gasteiger partial charge in [0.15, 0.2) is 11.5 Å². The number of para-hydroxylation sites is 1. The highest BCUT2D eigenvalue weighted by molar-refractivity contribution is 6.07. The first-order valence-corrected chi connectivity index (χ1v) is 16.4. The lowest BCUT2D eigenvalue weighted by Gasteiger charge is -2.34. The zero-order chi connectivity index (χ0) is 32.0. The number of carbonyl (C=O) groups is 4. The van der Waals surface area contributed by atoms with Crippen molar-refractivity contribution in [1.82, 2.24) is 16.0 Å². The Labute approximate surface area is 268 Å². The van der Waals surface area contributed by atoms with Crippen LogP contribution in [-0.2, 0) is 9.59 Å². The number of ketones is 1. The molecular formula is C34H43N7O5. The maximum Gasteiger partial charge on any atom is 0.319 e. The molecule has 1 aliphatic carbocycles. The van der Waals surface area contributed by atoms with Gasteiger partial charge in [0.1, 0.15) is 11.6 Å². The van der Waals surface area contributed by atoms with Crippen molar-refractivity contribution in [3.63, 3.8) is 0 Å². The number of urea groups is 1. The summed E-state index contributed by atoms with van der Waals surface area (Å²) in [5.41, 5.74) is 7.72. The minimum atomic E-state index is -0.432. The van der Waals surface area contributed by atoms with Gasteiger partial charge in [-0.2, -0.15) is 0 Å². The molecule has 6 rings (SSSR count). The number of carbonyl (C=O) groups excluding carboxylic acids is 4. The first kappa shape index (κ1) is 31.6. The molecule has 2 aliphatic heterocycles. The summed E-state index contributed by atoms with van der Waals surface area (Å²) in [4.78, 5) is 53.8. The van der Waals surface area contributed by atoms with Gasteiger partial charge in [-0.05, 0) is 94.3 Å². The average Bonchev–Trinajstić information content (AvgIpc) is 3.70. The van der Waals surface area contributed by atoms with Gasteiger partial charge in [0.05, 0.1) is 17.4 Å². The van der Waals surface area contributed by atoms with E-state index in [4.69, 9.17) is 10.2 Å². The standard InChI is InChI=1S/C34H43N7O5/c35-32(43)22-10-8-21(9-11-22)19-38-34(45)39-24-12-13-27(41-16-4-14-36-20-28(41)31(42)25-6-3-15-37-25)26(18-24)40-33(44)30-17-23-5-1-2-7-29(23)46-30/h1-2,5,7,12-13,17-18,21-22,25,28,36-37H,3-4,6,8-11,14-16,19-20H2,(H2,35,43)(H,40,44)(H2,38,39,45). The number of amides is 4. The molecular weight excluding hydrogens is 586 g/mol. The van der Waals surface area contributed by atoms with Crippen LogP contribution in [0.4, 0.5) is 21.9 Å². The van der Waals surface area contributed by atoms with Gasteiger partial charge in [-0.15, -0.1) is 0 Å². The van der Waals surface area contributed by atoms with Crippen LogP contribution in [0.3, 0.4) is 0 Å². The number of nitrogens with zero attached hydrogens (tertiary/aromatic N) is 1. The van der Waals surface area contributed by atoms with E-state index in [0.29, 0.717) is 42.3 Å². The summed E-state index contributed by atoms with van der Waals surface area (Å²) in [5.74, 6) is -0.191. The number of Topliss-reactive ketones (excluding diaryl/α,β-unsaturated/α-hetero) is 1. The number of hydrogen-bond donors (Lipinski definition) is 6. The lowest BCUT2D eigenvalue weighted by Crippen LogP contribution is -2.51. The predicted molar refractivity (Wildman–Crippen MR) is 177 cm³/mol. The number of rotatable bonds is 9. The van der Waals surface area contributed by atoms with E-state index in [1.54, 1.807) is 18.2 Å². The van der Waals surface area contributed by atoms with Crippen LogP contribution < -0.4 is 37.2 Å². The maximum atomic E-state index is 13.7. The molecule has 12 nitrogen and oxygen atoms in total. The van der Waals surface area contributed by atoms with Crippen molar-refractivity contribution < 1.29 is 23.6 Å². The third-order valence-corrected chi connectivity index (χ3v) is 9.46. The number of nitrogens with two attached hydrogens (primary N) is 1. The van der Waals surface area contributed by atoms with Crippen LogP contribution >= 0.6 is 0 Å². The smallest absolute Gasteiger partial charge is 0.319 e. The molecule has 3 aromatic rings. The third-order valence-electron chi connectivity index (χ3n) is 9.46. The van der Waals surface area contributed by atoms with Gasteiger partial charge in [-0.25, -0.2) is 4.79 Å². The Morgan fingerprint density at radius 1 is 0.935 bits per heavy atom. The lowest BCUT2D eigenvalue weighted by molar-refractivity contribution is -0.123. The van der Waals surface area contributed by atoms with Crippen LogP contribution in [-0.4, -0.2) is 68.4 Å². The first-order valence-electron chi connectivity index (χ1n) is 16.4. The van der Waals surface area contributed by atoms with E-state index < -0.39 is 11.9 Å². The minimum Gasteiger partial charge on any atom is -0.451 e. The lowest BCUT2D eigenvalue weighted by atomic mass is 9.82. The van der Waals surface area contributed by atoms with E-state index in [-0.39, 0.29) is 41.4 Å². The first-order chi connectivity index (χ1) is 22.4. The zero-order valence-electron chi connectivity index (χ0n) is 26.0. The van der Waals surface area contributed by atoms with Crippen molar-refractivity contribution in [3.8, 4) is 0 Å². The van der Waals surface area contributed by atoms with Gasteiger partial charge in [0, 0.05) is 36.6 Å². The molecule has 0 spiro atoms. The molecule has 3 fully saturated rings. The van der Waals surface area contributed by atoms with Gasteiger partial charge in [-0.1, -0.05) is 18.2 Å². The van der Waals surface area contributed by atoms with Crippen molar-refractivity contribution in [1.29, 1.82) is 0 Å². The summed E-state index contributed by atoms with van der Waals surface area (Å²) in [6.45, 7) is 3.22. The number of benzene rings is 2. The van der Waals surface area contributed by atoms with E-state index >= 15 is 0 Å². The fraction of sp³-hybridized carbons (Fsp3) is 0.471. The van der Waals surface area contributed by atoms with Gasteiger partial charge >= 0.3 is 6.03 Å². The van der Waals surface area contributed by atoms with E-state index in [9.17, 15) is 19.2 Å². The quantitative estimate of drug-likeness (QED) is 0.209. The van der Waals surface area contributed by atoms with Crippen LogP contribution in [0.5, 0.6) is 0 Å². The summed E-state index contributed by atoms with van der Waals surface area (Å²) in [5, 5.41) is 16.4. The van der Waals surface area contributed by atoms with Crippen molar-refractivity contribution in [2.24, 2.45) is 17.6 Å². The fourth-order valence-electron chi connectivity index (χ4n) is 6.89. The molecule has 1 saturated carbocycles. The van der Waals surface area contributed by atoms with Gasteiger partial charge in [0.25, 0.3) is 5.91 Å². The van der Waals surface area contributed by atoms with Crippen LogP contribution in [0, 0.1) is 11.8 Å². The molecule has 46 heavy (non-hydrogen) atoms. The van der Waals surface area contributed by atoms with Crippen molar-refractivity contribution in [2.75, 3.05) is 48.3 Å². The Balaban J connectivity index is 1.22. The number of fused-ring (bicyclic) bond motifs is 1. The third kappa shape index (κ3) is 7.34. The molecule has 12 heteroatoms. The SMILES string of the molecule is NC(=O)C1CCC(CNC(=O)Nc2ccc(N3CCCNCC3C(=O)C3CCCN3)c(NC(=O)c3cc4ccccc4o3)c2)CC1. The van der Waals surface area contributed by atoms with E-state index in [2.05, 4.69) is 31.5 Å². The van der Waals surface area contributed by atoms with E-state index in [0.717, 1.165) is 63.4 Å². The van der Waals surface area contributed by atoms with Crippen molar-refractivity contribution in [3.05, 3.63) is 54.3 Å². The Bertz CT molecular complexity index is 1540. The summed E-state index contributed by atoms with van der Waals surface area (Å²) < 4.78 is 5.83. The summed E-state index contributed by atoms with van der Waals surface area (Å²) in [6, 6.07) is 13.5. The number of furan rings is 1. The van der Waals surface area contributed by atoms with Crippen molar-refractivity contribution >= 4 is 51.7 Å². The Kier molecular flexibility index (Phi) is 9.84. The highest BCUT2D eigenvalue weighted by Gasteiger charge is 2.35. The molecule has 7 N–H and O–H groups in total. The molecule has 0 bridgehead atoms. The molecule has 0 radical (unpaired) electrons. The van der Waals surface area contributed by atoms with E-state index in [1.807, 2.05) is 30.3 Å². The number of anilines is 3. The summed E-state index contributed by atoms with van der Waals surface area (Å²) in [6.07, 6.45) is 5.75. The molecule has 2 unspecified atom stereocenters. The number of nitrogens with one attached hydrogen (secondary N) is 5. The van der Waals surface area contributed by atoms with Crippen LogP contribution in [0.2, 0.25) is 0 Å². The van der Waals surface area contributed by atoms with E-state index in [1.165, 1.54) is 0 Å². The topological polar surface area (TPSA) is 171 Å². The predicted octanol–water partition coefficient (Wildman–Crippen LogP) is 3.59. The molecule has 2 aromatic carbocycles. The monoisotopic (exact) mass is 629 g/mol. The Hall–Kier alpha value is -4.42. The van der Waals surface area contributed by atoms with Gasteiger partial charge in [0.2, 0.25) is 5.91 Å². The highest BCUT2D eigenvalue weighted by atomic mass is 16.3. The second-order valence-corrected chi connectivity index (χ2v) is 12.6. The Morgan fingerprint density at radius 3 is 2.52 bits per heavy atom. The molecule has 3 heterocycles. The van der Waals surface area contributed by atoms with Crippen LogP contribution in [0.25, 0.3) is 11.0 Å². The largest absolute Gasteiger partial charge is 0.451 e. The minimum absolute atomic E-state index is 0.0823. The second-order valence-electron chi connectivity index (χ2n) is 12.6. The van der Waals surface area contributed by atoms with Crippen LogP contribution in [0.15, 0.2) is 52.9 Å². The Morgan fingerprint density at radius 2 is 1.76 bits per heavy atom. The number of primary amides is 1. The molecule has 244 valence electrons. The highest BCUT2D eigenvalue weighted by Crippen LogP contribution is 2.33. The zero-order valence-corrected chi connectivity index (χ0v) is 26.0. The average molecular weight is 630 g/mol. The van der Waals surface area contributed by atoms with Crippen molar-refractivity contribution in [2.45, 2.75) is 57.0 Å². The summed E-state index contributed by atoms with van der Waals surface area (Å²) >= 11 is 0. The molecule has 2 atom stereocenters. The van der Waals surface area contributed by atoms with Crippen LogP contribution in [0.1, 0.15) is 55.5 Å². The van der Waals surface area contributed by atoms with Gasteiger partial charge < -0.3 is 41.6 Å². The summed E-state index contributed by atoms with van der Waals surface area (Å²) in [7, 11) is 0. The molecule has 3 aliphatic rings. The maximum absolute atomic E-state index is 13.7. The molecule has 1 aromatic heterocycles. The number of hydrogen-bond acceptors (Lipinski definition) is 8. The van der Waals surface area contributed by atoms with Gasteiger partial charge in [-0.3, -0.25) is 14.4 Å². The normalized spacial score (nSPS) is 23.4. The fourth-order valence-corrected chi connectivity index (χ4v) is 6.89. The molecule has 2 saturated heterocycles.